The molecular weight excluding hydrogens is 348 g/mol. The lowest BCUT2D eigenvalue weighted by Gasteiger charge is -2.13. The van der Waals surface area contributed by atoms with Gasteiger partial charge in [0.25, 0.3) is 11.8 Å². The first-order valence-electron chi connectivity index (χ1n) is 8.36. The number of amides is 3. The van der Waals surface area contributed by atoms with Crippen molar-refractivity contribution >= 4 is 29.4 Å². The molecule has 0 bridgehead atoms. The minimum absolute atomic E-state index is 0.0199. The van der Waals surface area contributed by atoms with Gasteiger partial charge in [-0.15, -0.1) is 0 Å². The molecule has 2 aromatic rings. The molecule has 1 heterocycles. The molecule has 0 aliphatic carbocycles. The first-order valence-corrected chi connectivity index (χ1v) is 8.36. The van der Waals surface area contributed by atoms with Crippen LogP contribution in [0.5, 0.6) is 0 Å². The molecule has 1 aliphatic heterocycles. The fraction of sp³-hybridized carbons (Fsp3) is 0.200. The van der Waals surface area contributed by atoms with Crippen molar-refractivity contribution in [3.05, 3.63) is 64.7 Å². The van der Waals surface area contributed by atoms with Crippen LogP contribution in [0.4, 0.5) is 5.69 Å². The second-order valence-electron chi connectivity index (χ2n) is 6.18. The molecule has 7 heteroatoms. The Hall–Kier alpha value is -3.48. The number of ether oxygens (including phenoxy) is 1. The van der Waals surface area contributed by atoms with Crippen LogP contribution >= 0.6 is 0 Å². The highest BCUT2D eigenvalue weighted by atomic mass is 16.5. The van der Waals surface area contributed by atoms with Crippen molar-refractivity contribution in [1.82, 2.24) is 4.90 Å². The van der Waals surface area contributed by atoms with Crippen molar-refractivity contribution in [3.8, 4) is 0 Å². The van der Waals surface area contributed by atoms with Gasteiger partial charge in [-0.1, -0.05) is 17.7 Å². The molecule has 1 aliphatic rings. The van der Waals surface area contributed by atoms with Crippen molar-refractivity contribution in [2.75, 3.05) is 19.0 Å². The van der Waals surface area contributed by atoms with Gasteiger partial charge in [-0.3, -0.25) is 19.3 Å². The Balaban J connectivity index is 1.63. The number of nitrogens with zero attached hydrogens (tertiary/aromatic N) is 1. The van der Waals surface area contributed by atoms with Crippen LogP contribution in [0.1, 0.15) is 43.1 Å². The maximum Gasteiger partial charge on any atom is 0.337 e. The molecule has 0 unspecified atom stereocenters. The zero-order valence-corrected chi connectivity index (χ0v) is 14.9. The number of anilines is 1. The smallest absolute Gasteiger partial charge is 0.337 e. The van der Waals surface area contributed by atoms with Crippen LogP contribution in [-0.2, 0) is 9.53 Å². The van der Waals surface area contributed by atoms with E-state index in [9.17, 15) is 19.2 Å². The molecule has 2 aromatic carbocycles. The van der Waals surface area contributed by atoms with Crippen LogP contribution in [-0.4, -0.2) is 42.2 Å². The Labute approximate surface area is 155 Å². The van der Waals surface area contributed by atoms with Gasteiger partial charge in [-0.25, -0.2) is 4.79 Å². The standard InChI is InChI=1S/C20H18N2O5/c1-12-6-7-15-16(10-12)19(25)22(18(15)24)9-8-17(23)21-14-5-3-4-13(11-14)20(26)27-2/h3-7,10-11H,8-9H2,1-2H3,(H,21,23). The number of imide groups is 1. The molecule has 0 aromatic heterocycles. The molecule has 0 spiro atoms. The minimum atomic E-state index is -0.507. The molecule has 7 nitrogen and oxygen atoms in total. The highest BCUT2D eigenvalue weighted by Gasteiger charge is 2.35. The van der Waals surface area contributed by atoms with E-state index in [0.717, 1.165) is 10.5 Å². The molecule has 0 atom stereocenters. The number of benzene rings is 2. The van der Waals surface area contributed by atoms with Gasteiger partial charge in [0.15, 0.2) is 0 Å². The molecule has 3 amide bonds. The van der Waals surface area contributed by atoms with Gasteiger partial charge in [0, 0.05) is 18.7 Å². The summed E-state index contributed by atoms with van der Waals surface area (Å²) in [7, 11) is 1.27. The average molecular weight is 366 g/mol. The quantitative estimate of drug-likeness (QED) is 0.648. The summed E-state index contributed by atoms with van der Waals surface area (Å²) in [6.45, 7) is 1.82. The third-order valence-corrected chi connectivity index (χ3v) is 4.26. The summed E-state index contributed by atoms with van der Waals surface area (Å²) in [5.74, 6) is -1.66. The average Bonchev–Trinajstić information content (AvgIpc) is 2.89. The predicted molar refractivity (Wildman–Crippen MR) is 97.6 cm³/mol. The van der Waals surface area contributed by atoms with Gasteiger partial charge in [0.2, 0.25) is 5.91 Å². The van der Waals surface area contributed by atoms with Crippen LogP contribution in [0.3, 0.4) is 0 Å². The van der Waals surface area contributed by atoms with E-state index in [4.69, 9.17) is 0 Å². The first-order chi connectivity index (χ1) is 12.9. The van der Waals surface area contributed by atoms with Crippen LogP contribution in [0.25, 0.3) is 0 Å². The fourth-order valence-electron chi connectivity index (χ4n) is 2.89. The lowest BCUT2D eigenvalue weighted by atomic mass is 10.1. The van der Waals surface area contributed by atoms with E-state index in [0.29, 0.717) is 22.4 Å². The maximum absolute atomic E-state index is 12.4. The third kappa shape index (κ3) is 3.72. The predicted octanol–water partition coefficient (Wildman–Crippen LogP) is 2.41. The lowest BCUT2D eigenvalue weighted by Crippen LogP contribution is -2.32. The Morgan fingerprint density at radius 1 is 1.04 bits per heavy atom. The number of carbonyl (C=O) groups is 4. The summed E-state index contributed by atoms with van der Waals surface area (Å²) in [5.41, 5.74) is 2.36. The van der Waals surface area contributed by atoms with Crippen LogP contribution < -0.4 is 5.32 Å². The fourth-order valence-corrected chi connectivity index (χ4v) is 2.89. The number of fused-ring (bicyclic) bond motifs is 1. The van der Waals surface area contributed by atoms with E-state index >= 15 is 0 Å². The summed E-state index contributed by atoms with van der Waals surface area (Å²) in [6, 6.07) is 11.4. The maximum atomic E-state index is 12.4. The highest BCUT2D eigenvalue weighted by Crippen LogP contribution is 2.24. The van der Waals surface area contributed by atoms with Crippen LogP contribution in [0.15, 0.2) is 42.5 Å². The molecule has 1 N–H and O–H groups in total. The number of rotatable bonds is 5. The van der Waals surface area contributed by atoms with Gasteiger partial charge >= 0.3 is 5.97 Å². The zero-order valence-electron chi connectivity index (χ0n) is 14.9. The number of nitrogens with one attached hydrogen (secondary N) is 1. The Kier molecular flexibility index (Phi) is 5.03. The summed E-state index contributed by atoms with van der Waals surface area (Å²) in [6.07, 6.45) is -0.0487. The second kappa shape index (κ2) is 7.41. The summed E-state index contributed by atoms with van der Waals surface area (Å²) in [4.78, 5) is 49.6. The summed E-state index contributed by atoms with van der Waals surface area (Å²) in [5, 5.41) is 2.65. The Morgan fingerprint density at radius 3 is 2.52 bits per heavy atom. The van der Waals surface area contributed by atoms with E-state index in [1.165, 1.54) is 13.2 Å². The van der Waals surface area contributed by atoms with Crippen LogP contribution in [0.2, 0.25) is 0 Å². The summed E-state index contributed by atoms with van der Waals surface area (Å²) >= 11 is 0. The van der Waals surface area contributed by atoms with Crippen molar-refractivity contribution in [1.29, 1.82) is 0 Å². The van der Waals surface area contributed by atoms with E-state index in [2.05, 4.69) is 10.1 Å². The Morgan fingerprint density at radius 2 is 1.78 bits per heavy atom. The van der Waals surface area contributed by atoms with Crippen molar-refractivity contribution in [3.63, 3.8) is 0 Å². The van der Waals surface area contributed by atoms with Crippen molar-refractivity contribution in [2.45, 2.75) is 13.3 Å². The van der Waals surface area contributed by atoms with Crippen molar-refractivity contribution < 1.29 is 23.9 Å². The Bertz CT molecular complexity index is 951. The molecule has 0 fully saturated rings. The molecule has 138 valence electrons. The van der Waals surface area contributed by atoms with Gasteiger partial charge in [0.1, 0.15) is 0 Å². The zero-order chi connectivity index (χ0) is 19.6. The number of hydrogen-bond acceptors (Lipinski definition) is 5. The van der Waals surface area contributed by atoms with Gasteiger partial charge in [0.05, 0.1) is 23.8 Å². The number of aryl methyl sites for hydroxylation is 1. The largest absolute Gasteiger partial charge is 0.465 e. The highest BCUT2D eigenvalue weighted by molar-refractivity contribution is 6.21. The van der Waals surface area contributed by atoms with E-state index in [1.807, 2.05) is 6.92 Å². The van der Waals surface area contributed by atoms with E-state index in [1.54, 1.807) is 36.4 Å². The number of carbonyl (C=O) groups excluding carboxylic acids is 4. The normalized spacial score (nSPS) is 12.7. The topological polar surface area (TPSA) is 92.8 Å². The van der Waals surface area contributed by atoms with Crippen LogP contribution in [0, 0.1) is 6.92 Å². The lowest BCUT2D eigenvalue weighted by molar-refractivity contribution is -0.116. The molecule has 27 heavy (non-hydrogen) atoms. The molecular formula is C20H18N2O5. The molecule has 3 rings (SSSR count). The summed E-state index contributed by atoms with van der Waals surface area (Å²) < 4.78 is 4.64. The van der Waals surface area contributed by atoms with Gasteiger partial charge in [-0.2, -0.15) is 0 Å². The molecule has 0 radical (unpaired) electrons. The third-order valence-electron chi connectivity index (χ3n) is 4.26. The first kappa shape index (κ1) is 18.3. The minimum Gasteiger partial charge on any atom is -0.465 e. The second-order valence-corrected chi connectivity index (χ2v) is 6.18. The van der Waals surface area contributed by atoms with E-state index < -0.39 is 11.9 Å². The van der Waals surface area contributed by atoms with Crippen molar-refractivity contribution in [2.24, 2.45) is 0 Å². The molecule has 0 saturated carbocycles. The number of hydrogen-bond donors (Lipinski definition) is 1. The number of esters is 1. The van der Waals surface area contributed by atoms with E-state index in [-0.39, 0.29) is 24.8 Å². The number of methoxy groups -OCH3 is 1. The van der Waals surface area contributed by atoms with Gasteiger partial charge in [-0.05, 0) is 37.3 Å². The monoisotopic (exact) mass is 366 g/mol. The molecule has 0 saturated heterocycles. The SMILES string of the molecule is COC(=O)c1cccc(NC(=O)CCN2C(=O)c3ccc(C)cc3C2=O)c1. The van der Waals surface area contributed by atoms with Gasteiger partial charge < -0.3 is 10.1 Å².